The highest BCUT2D eigenvalue weighted by Gasteiger charge is 2.18. The zero-order valence-corrected chi connectivity index (χ0v) is 14.6. The molecule has 0 bridgehead atoms. The molecule has 0 radical (unpaired) electrons. The van der Waals surface area contributed by atoms with Crippen LogP contribution in [0.25, 0.3) is 11.3 Å². The van der Waals surface area contributed by atoms with Crippen LogP contribution in [0, 0.1) is 10.1 Å². The van der Waals surface area contributed by atoms with E-state index in [0.29, 0.717) is 35.2 Å². The van der Waals surface area contributed by atoms with E-state index in [4.69, 9.17) is 27.6 Å². The van der Waals surface area contributed by atoms with Gasteiger partial charge in [-0.2, -0.15) is 0 Å². The molecule has 0 aliphatic rings. The van der Waals surface area contributed by atoms with Crippen LogP contribution >= 0.6 is 34.5 Å². The molecule has 3 rings (SSSR count). The van der Waals surface area contributed by atoms with Crippen LogP contribution in [0.1, 0.15) is 10.6 Å². The Morgan fingerprint density at radius 2 is 1.96 bits per heavy atom. The van der Waals surface area contributed by atoms with Gasteiger partial charge in [0, 0.05) is 22.5 Å². The number of nitrogens with zero attached hydrogens (tertiary/aromatic N) is 1. The third-order valence-electron chi connectivity index (χ3n) is 3.31. The first-order valence-corrected chi connectivity index (χ1v) is 8.58. The summed E-state index contributed by atoms with van der Waals surface area (Å²) in [7, 11) is 0. The Labute approximate surface area is 152 Å². The highest BCUT2D eigenvalue weighted by Crippen LogP contribution is 2.33. The van der Waals surface area contributed by atoms with Crippen molar-refractivity contribution in [2.24, 2.45) is 0 Å². The fourth-order valence-electron chi connectivity index (χ4n) is 2.24. The minimum Gasteiger partial charge on any atom is -0.459 e. The molecule has 0 saturated carbocycles. The molecule has 2 heterocycles. The van der Waals surface area contributed by atoms with Crippen molar-refractivity contribution in [1.82, 2.24) is 5.32 Å². The normalized spacial score (nSPS) is 10.9. The van der Waals surface area contributed by atoms with Gasteiger partial charge in [0.25, 0.3) is 5.69 Å². The molecule has 2 aromatic heterocycles. The maximum atomic E-state index is 11.2. The molecule has 0 saturated heterocycles. The number of nitro benzene ring substituents is 1. The largest absolute Gasteiger partial charge is 0.459 e. The molecule has 0 aliphatic heterocycles. The predicted molar refractivity (Wildman–Crippen MR) is 95.7 cm³/mol. The molecule has 24 heavy (non-hydrogen) atoms. The molecule has 0 atom stereocenters. The van der Waals surface area contributed by atoms with E-state index in [1.165, 1.54) is 17.4 Å². The average molecular weight is 383 g/mol. The van der Waals surface area contributed by atoms with Gasteiger partial charge in [-0.3, -0.25) is 10.1 Å². The Morgan fingerprint density at radius 3 is 2.67 bits per heavy atom. The number of nitrogens with one attached hydrogen (secondary N) is 1. The van der Waals surface area contributed by atoms with E-state index >= 15 is 0 Å². The predicted octanol–water partition coefficient (Wildman–Crippen LogP) is 5.51. The first-order valence-electron chi connectivity index (χ1n) is 7.01. The van der Waals surface area contributed by atoms with Gasteiger partial charge < -0.3 is 9.73 Å². The zero-order valence-electron chi connectivity index (χ0n) is 12.3. The first-order chi connectivity index (χ1) is 11.5. The summed E-state index contributed by atoms with van der Waals surface area (Å²) >= 11 is 13.2. The average Bonchev–Trinajstić information content (AvgIpc) is 3.16. The van der Waals surface area contributed by atoms with Crippen molar-refractivity contribution in [2.45, 2.75) is 13.1 Å². The minimum absolute atomic E-state index is 0.0791. The SMILES string of the molecule is O=[N+]([O-])c1cc(Cl)ccc1-c1ccc(CNCc2ccc(Cl)s2)o1. The molecule has 0 amide bonds. The molecule has 124 valence electrons. The van der Waals surface area contributed by atoms with Gasteiger partial charge in [-0.05, 0) is 36.4 Å². The first kappa shape index (κ1) is 17.0. The Kier molecular flexibility index (Phi) is 5.20. The van der Waals surface area contributed by atoms with E-state index in [2.05, 4.69) is 5.32 Å². The van der Waals surface area contributed by atoms with Crippen LogP contribution < -0.4 is 5.32 Å². The van der Waals surface area contributed by atoms with E-state index in [-0.39, 0.29) is 5.69 Å². The van der Waals surface area contributed by atoms with Crippen molar-refractivity contribution in [1.29, 1.82) is 0 Å². The summed E-state index contributed by atoms with van der Waals surface area (Å²) in [6, 6.07) is 11.8. The van der Waals surface area contributed by atoms with E-state index in [0.717, 1.165) is 9.21 Å². The van der Waals surface area contributed by atoms with E-state index in [1.54, 1.807) is 24.3 Å². The lowest BCUT2D eigenvalue weighted by molar-refractivity contribution is -0.384. The van der Waals surface area contributed by atoms with Gasteiger partial charge in [0.1, 0.15) is 11.5 Å². The molecule has 1 aromatic carbocycles. The lowest BCUT2D eigenvalue weighted by Crippen LogP contribution is -2.10. The standard InChI is InChI=1S/C16H12Cl2N2O3S/c17-10-1-4-13(14(7-10)20(21)22)15-5-2-11(23-15)8-19-9-12-3-6-16(18)24-12/h1-7,19H,8-9H2. The fraction of sp³-hybridized carbons (Fsp3) is 0.125. The van der Waals surface area contributed by atoms with Crippen LogP contribution in [-0.2, 0) is 13.1 Å². The summed E-state index contributed by atoms with van der Waals surface area (Å²) in [5, 5.41) is 14.7. The van der Waals surface area contributed by atoms with E-state index in [9.17, 15) is 10.1 Å². The second-order valence-corrected chi connectivity index (χ2v) is 7.23. The van der Waals surface area contributed by atoms with Crippen LogP contribution in [0.5, 0.6) is 0 Å². The van der Waals surface area contributed by atoms with Crippen molar-refractivity contribution >= 4 is 40.2 Å². The molecule has 0 fully saturated rings. The van der Waals surface area contributed by atoms with Gasteiger partial charge in [-0.25, -0.2) is 0 Å². The maximum absolute atomic E-state index is 11.2. The highest BCUT2D eigenvalue weighted by molar-refractivity contribution is 7.16. The summed E-state index contributed by atoms with van der Waals surface area (Å²) in [5.41, 5.74) is 0.324. The summed E-state index contributed by atoms with van der Waals surface area (Å²) < 4.78 is 6.46. The number of rotatable bonds is 6. The topological polar surface area (TPSA) is 68.3 Å². The fourth-order valence-corrected chi connectivity index (χ4v) is 3.46. The molecular formula is C16H12Cl2N2O3S. The molecule has 1 N–H and O–H groups in total. The van der Waals surface area contributed by atoms with E-state index < -0.39 is 4.92 Å². The van der Waals surface area contributed by atoms with Crippen LogP contribution in [0.4, 0.5) is 5.69 Å². The van der Waals surface area contributed by atoms with Gasteiger partial charge in [0.05, 0.1) is 21.4 Å². The number of hydrogen-bond donors (Lipinski definition) is 1. The Morgan fingerprint density at radius 1 is 1.12 bits per heavy atom. The summed E-state index contributed by atoms with van der Waals surface area (Å²) in [4.78, 5) is 11.8. The van der Waals surface area contributed by atoms with Gasteiger partial charge in [-0.15, -0.1) is 11.3 Å². The lowest BCUT2D eigenvalue weighted by Gasteiger charge is -2.02. The van der Waals surface area contributed by atoms with Gasteiger partial charge in [0.2, 0.25) is 0 Å². The van der Waals surface area contributed by atoms with Crippen molar-refractivity contribution in [3.63, 3.8) is 0 Å². The van der Waals surface area contributed by atoms with Gasteiger partial charge in [0.15, 0.2) is 0 Å². The molecule has 0 aliphatic carbocycles. The maximum Gasteiger partial charge on any atom is 0.281 e. The second-order valence-electron chi connectivity index (χ2n) is 4.99. The Bertz CT molecular complexity index is 876. The number of thiophene rings is 1. The third-order valence-corrected chi connectivity index (χ3v) is 4.78. The van der Waals surface area contributed by atoms with Crippen LogP contribution in [-0.4, -0.2) is 4.92 Å². The van der Waals surface area contributed by atoms with Gasteiger partial charge >= 0.3 is 0 Å². The molecule has 8 heteroatoms. The second kappa shape index (κ2) is 7.36. The monoisotopic (exact) mass is 382 g/mol. The van der Waals surface area contributed by atoms with Crippen molar-refractivity contribution in [3.05, 3.63) is 72.6 Å². The number of halogens is 2. The number of nitro groups is 1. The minimum atomic E-state index is -0.470. The molecular weight excluding hydrogens is 371 g/mol. The quantitative estimate of drug-likeness (QED) is 0.450. The molecule has 0 spiro atoms. The van der Waals surface area contributed by atoms with Crippen LogP contribution in [0.15, 0.2) is 46.9 Å². The smallest absolute Gasteiger partial charge is 0.281 e. The van der Waals surface area contributed by atoms with Crippen molar-refractivity contribution in [3.8, 4) is 11.3 Å². The third kappa shape index (κ3) is 3.96. The molecule has 3 aromatic rings. The Hall–Kier alpha value is -1.86. The Balaban J connectivity index is 1.70. The van der Waals surface area contributed by atoms with Gasteiger partial charge in [-0.1, -0.05) is 23.2 Å². The lowest BCUT2D eigenvalue weighted by atomic mass is 10.1. The zero-order chi connectivity index (χ0) is 17.1. The summed E-state index contributed by atoms with van der Waals surface area (Å²) in [6.07, 6.45) is 0. The van der Waals surface area contributed by atoms with Crippen LogP contribution in [0.2, 0.25) is 9.36 Å². The number of furan rings is 1. The number of benzene rings is 1. The van der Waals surface area contributed by atoms with E-state index in [1.807, 2.05) is 12.1 Å². The number of hydrogen-bond acceptors (Lipinski definition) is 5. The summed E-state index contributed by atoms with van der Waals surface area (Å²) in [6.45, 7) is 1.19. The van der Waals surface area contributed by atoms with Crippen molar-refractivity contribution in [2.75, 3.05) is 0 Å². The summed E-state index contributed by atoms with van der Waals surface area (Å²) in [5.74, 6) is 1.13. The van der Waals surface area contributed by atoms with Crippen LogP contribution in [0.3, 0.4) is 0 Å². The van der Waals surface area contributed by atoms with Crippen molar-refractivity contribution < 1.29 is 9.34 Å². The molecule has 0 unspecified atom stereocenters. The molecule has 5 nitrogen and oxygen atoms in total. The highest BCUT2D eigenvalue weighted by atomic mass is 35.5.